The molecule has 0 bridgehead atoms. The summed E-state index contributed by atoms with van der Waals surface area (Å²) in [5.41, 5.74) is 2.33. The van der Waals surface area contributed by atoms with Crippen molar-refractivity contribution in [1.82, 2.24) is 5.32 Å². The minimum Gasteiger partial charge on any atom is -0.872 e. The van der Waals surface area contributed by atoms with E-state index in [1.165, 1.54) is 11.1 Å². The van der Waals surface area contributed by atoms with E-state index in [1.807, 2.05) is 19.1 Å². The zero-order valence-electron chi connectivity index (χ0n) is 22.3. The second-order valence-corrected chi connectivity index (χ2v) is 9.36. The maximum atomic E-state index is 12.3. The first-order valence-electron chi connectivity index (χ1n) is 12.6. The molecule has 0 unspecified atom stereocenters. The molecule has 1 rings (SSSR count). The van der Waals surface area contributed by atoms with Crippen LogP contribution in [0.5, 0.6) is 0 Å². The van der Waals surface area contributed by atoms with E-state index in [2.05, 4.69) is 44.8 Å². The van der Waals surface area contributed by atoms with Crippen LogP contribution in [0.4, 0.5) is 0 Å². The number of rotatable bonds is 14. The minimum absolute atomic E-state index is 0.0813. The number of carbonyl (C=O) groups excluding carboxylic acids is 2. The second kappa shape index (κ2) is 15.9. The number of hydrogen-bond acceptors (Lipinski definition) is 5. The van der Waals surface area contributed by atoms with Gasteiger partial charge in [0, 0.05) is 0 Å². The van der Waals surface area contributed by atoms with Gasteiger partial charge in [0.1, 0.15) is 0 Å². The summed E-state index contributed by atoms with van der Waals surface area (Å²) < 4.78 is 0. The molecule has 6 heteroatoms. The van der Waals surface area contributed by atoms with Gasteiger partial charge in [0.15, 0.2) is 0 Å². The average molecular weight is 497 g/mol. The molecule has 0 aromatic heterocycles. The molecule has 0 aromatic rings. The highest BCUT2D eigenvalue weighted by atomic mass is 16.3. The third-order valence-corrected chi connectivity index (χ3v) is 6.27. The molecule has 0 radical (unpaired) electrons. The average Bonchev–Trinajstić information content (AvgIpc) is 3.09. The Morgan fingerprint density at radius 3 is 2.44 bits per heavy atom. The van der Waals surface area contributed by atoms with Gasteiger partial charge in [-0.15, -0.1) is 0 Å². The zero-order chi connectivity index (χ0) is 27.3. The predicted molar refractivity (Wildman–Crippen MR) is 143 cm³/mol. The molecule has 3 N–H and O–H groups in total. The zero-order valence-corrected chi connectivity index (χ0v) is 22.3. The number of carbonyl (C=O) groups is 2. The van der Waals surface area contributed by atoms with Gasteiger partial charge in [0.2, 0.25) is 5.78 Å². The second-order valence-electron chi connectivity index (χ2n) is 9.36. The fraction of sp³-hybridized carbons (Fsp3) is 0.467. The van der Waals surface area contributed by atoms with Crippen molar-refractivity contribution >= 4 is 11.7 Å². The van der Waals surface area contributed by atoms with E-state index in [-0.39, 0.29) is 11.6 Å². The van der Waals surface area contributed by atoms with E-state index in [0.717, 1.165) is 12.8 Å². The lowest BCUT2D eigenvalue weighted by Gasteiger charge is -2.21. The van der Waals surface area contributed by atoms with Crippen LogP contribution in [0.3, 0.4) is 0 Å². The van der Waals surface area contributed by atoms with Gasteiger partial charge >= 0.3 is 0 Å². The summed E-state index contributed by atoms with van der Waals surface area (Å²) >= 11 is 0. The molecule has 1 aliphatic rings. The topological polar surface area (TPSA) is 110 Å². The van der Waals surface area contributed by atoms with Crippen molar-refractivity contribution < 1.29 is 24.9 Å². The van der Waals surface area contributed by atoms with Gasteiger partial charge in [-0.3, -0.25) is 9.59 Å². The summed E-state index contributed by atoms with van der Waals surface area (Å²) in [5.74, 6) is -1.75. The molecule has 0 saturated carbocycles. The molecule has 0 aliphatic carbocycles. The lowest BCUT2D eigenvalue weighted by atomic mass is 9.89. The quantitative estimate of drug-likeness (QED) is 0.108. The Kier molecular flexibility index (Phi) is 13.7. The summed E-state index contributed by atoms with van der Waals surface area (Å²) in [4.78, 5) is 23.6. The maximum absolute atomic E-state index is 12.3. The lowest BCUT2D eigenvalue weighted by Crippen LogP contribution is -2.19. The van der Waals surface area contributed by atoms with Crippen LogP contribution in [0.15, 0.2) is 82.9 Å². The molecule has 198 valence electrons. The van der Waals surface area contributed by atoms with Crippen LogP contribution < -0.4 is 10.4 Å². The standard InChI is InChI=1S/C30H43NO5/c1-7-20(3)18-21(4)19-24(8-2)26(33)17-11-9-10-15-25(32)16-13-12-14-22(5)28(34)27-29(35)23(6)31-30(27)36/h7,9-11,14-15,18,24-26,32-34H,6,8,12-13,16-17,19H2,1-5H3,(H,31,36)/p-1/b11-9+,15-10+,20-7+,21-18+,22-14+,28-27?/t24-,25-,26-/m1/s1. The monoisotopic (exact) mass is 496 g/mol. The van der Waals surface area contributed by atoms with Crippen LogP contribution in [0.1, 0.15) is 73.1 Å². The minimum atomic E-state index is -0.708. The van der Waals surface area contributed by atoms with Crippen molar-refractivity contribution in [1.29, 1.82) is 0 Å². The van der Waals surface area contributed by atoms with Gasteiger partial charge in [-0.05, 0) is 65.7 Å². The Balaban J connectivity index is 2.46. The molecule has 1 amide bonds. The first-order chi connectivity index (χ1) is 17.0. The van der Waals surface area contributed by atoms with Gasteiger partial charge in [0.25, 0.3) is 5.91 Å². The van der Waals surface area contributed by atoms with Crippen LogP contribution in [0.2, 0.25) is 0 Å². The van der Waals surface area contributed by atoms with E-state index in [1.54, 1.807) is 25.2 Å². The highest BCUT2D eigenvalue weighted by molar-refractivity contribution is 6.32. The van der Waals surface area contributed by atoms with E-state index in [4.69, 9.17) is 0 Å². The van der Waals surface area contributed by atoms with Gasteiger partial charge in [0.05, 0.1) is 23.5 Å². The van der Waals surface area contributed by atoms with Crippen LogP contribution in [-0.2, 0) is 9.59 Å². The van der Waals surface area contributed by atoms with Gasteiger partial charge in [-0.25, -0.2) is 0 Å². The van der Waals surface area contributed by atoms with E-state index < -0.39 is 35.2 Å². The molecule has 0 aromatic carbocycles. The van der Waals surface area contributed by atoms with Crippen LogP contribution in [0, 0.1) is 5.92 Å². The Morgan fingerprint density at radius 1 is 1.17 bits per heavy atom. The molecule has 1 fully saturated rings. The number of ketones is 1. The number of nitrogens with one attached hydrogen (secondary N) is 1. The summed E-state index contributed by atoms with van der Waals surface area (Å²) in [6.07, 6.45) is 16.1. The van der Waals surface area contributed by atoms with Crippen molar-refractivity contribution in [3.8, 4) is 0 Å². The largest absolute Gasteiger partial charge is 0.872 e. The Bertz CT molecular complexity index is 977. The number of allylic oxidation sites excluding steroid dienone is 9. The molecule has 1 aliphatic heterocycles. The number of amides is 1. The Morgan fingerprint density at radius 2 is 1.86 bits per heavy atom. The highest BCUT2D eigenvalue weighted by Crippen LogP contribution is 2.22. The van der Waals surface area contributed by atoms with E-state index in [9.17, 15) is 24.9 Å². The third-order valence-electron chi connectivity index (χ3n) is 6.27. The van der Waals surface area contributed by atoms with Gasteiger partial charge in [-0.2, -0.15) is 0 Å². The van der Waals surface area contributed by atoms with Crippen LogP contribution in [-0.4, -0.2) is 34.1 Å². The first-order valence-corrected chi connectivity index (χ1v) is 12.6. The van der Waals surface area contributed by atoms with Crippen LogP contribution >= 0.6 is 0 Å². The first kappa shape index (κ1) is 31.1. The summed E-state index contributed by atoms with van der Waals surface area (Å²) in [6, 6.07) is 0. The molecule has 0 spiro atoms. The molecule has 36 heavy (non-hydrogen) atoms. The normalized spacial score (nSPS) is 19.9. The molecule has 6 nitrogen and oxygen atoms in total. The Hall–Kier alpha value is -2.96. The molecule has 1 heterocycles. The molecule has 3 atom stereocenters. The van der Waals surface area contributed by atoms with E-state index in [0.29, 0.717) is 31.3 Å². The summed E-state index contributed by atoms with van der Waals surface area (Å²) in [5, 5.41) is 35.3. The third kappa shape index (κ3) is 10.3. The van der Waals surface area contributed by atoms with Crippen molar-refractivity contribution in [2.45, 2.75) is 85.4 Å². The molecular weight excluding hydrogens is 454 g/mol. The van der Waals surface area contributed by atoms with Gasteiger partial charge < -0.3 is 20.6 Å². The van der Waals surface area contributed by atoms with Crippen molar-refractivity contribution in [3.05, 3.63) is 82.9 Å². The summed E-state index contributed by atoms with van der Waals surface area (Å²) in [6.45, 7) is 13.3. The number of unbranched alkanes of at least 4 members (excludes halogenated alkanes) is 1. The van der Waals surface area contributed by atoms with E-state index >= 15 is 0 Å². The summed E-state index contributed by atoms with van der Waals surface area (Å²) in [7, 11) is 0. The fourth-order valence-electron chi connectivity index (χ4n) is 3.93. The highest BCUT2D eigenvalue weighted by Gasteiger charge is 2.30. The smallest absolute Gasteiger partial charge is 0.259 e. The van der Waals surface area contributed by atoms with Crippen molar-refractivity contribution in [2.24, 2.45) is 5.92 Å². The Labute approximate surface area is 216 Å². The molecule has 1 saturated heterocycles. The number of aliphatic hydroxyl groups excluding tert-OH is 2. The van der Waals surface area contributed by atoms with Crippen molar-refractivity contribution in [2.75, 3.05) is 0 Å². The predicted octanol–water partition coefficient (Wildman–Crippen LogP) is 4.48. The van der Waals surface area contributed by atoms with Crippen molar-refractivity contribution in [3.63, 3.8) is 0 Å². The number of Topliss-reactive ketones (excluding diaryl/α,β-unsaturated/α-hetero) is 1. The van der Waals surface area contributed by atoms with Gasteiger partial charge in [-0.1, -0.05) is 84.9 Å². The molecular formula is C30H42NO5-. The number of aliphatic hydroxyl groups is 2. The fourth-order valence-corrected chi connectivity index (χ4v) is 3.93. The lowest BCUT2D eigenvalue weighted by molar-refractivity contribution is -0.298. The van der Waals surface area contributed by atoms with Crippen LogP contribution in [0.25, 0.3) is 0 Å². The maximum Gasteiger partial charge on any atom is 0.259 e. The number of hydrogen-bond donors (Lipinski definition) is 3. The SMILES string of the molecule is C=C1NC(=O)C(=C([O-])/C(C)=C/CCC[C@H](O)/C=C/C=C/C[C@@H](O)[C@H](CC)C/C(C)=C/C(C)=C/C)C1=O.